The van der Waals surface area contributed by atoms with Crippen molar-refractivity contribution in [1.29, 1.82) is 0 Å². The van der Waals surface area contributed by atoms with E-state index in [1.165, 1.54) is 0 Å². The van der Waals surface area contributed by atoms with Crippen LogP contribution in [-0.2, 0) is 22.7 Å². The Morgan fingerprint density at radius 1 is 1.00 bits per heavy atom. The molecule has 0 N–H and O–H groups in total. The molecule has 0 amide bonds. The third-order valence-corrected chi connectivity index (χ3v) is 2.03. The van der Waals surface area contributed by atoms with Crippen LogP contribution in [0.4, 0.5) is 0 Å². The third kappa shape index (κ3) is 5.24. The molecule has 0 saturated heterocycles. The Morgan fingerprint density at radius 3 is 2.12 bits per heavy atom. The van der Waals surface area contributed by atoms with Crippen LogP contribution in [0, 0.1) is 0 Å². The zero-order valence-electron chi connectivity index (χ0n) is 10.6. The third-order valence-electron chi connectivity index (χ3n) is 2.03. The van der Waals surface area contributed by atoms with E-state index in [2.05, 4.69) is 4.98 Å². The first kappa shape index (κ1) is 13.1. The molecule has 0 radical (unpaired) electrons. The van der Waals surface area contributed by atoms with E-state index >= 15 is 0 Å². The lowest BCUT2D eigenvalue weighted by molar-refractivity contribution is 0.0620. The van der Waals surface area contributed by atoms with Crippen LogP contribution < -0.4 is 0 Å². The standard InChI is InChI=1S/C13H21NO2/c1-10(2)15-8-12-5-6-13(14-7-12)9-16-11(3)4/h5-7,10-11H,8-9H2,1-4H3. The Morgan fingerprint density at radius 2 is 1.62 bits per heavy atom. The van der Waals surface area contributed by atoms with Crippen LogP contribution >= 0.6 is 0 Å². The number of aromatic nitrogens is 1. The Hall–Kier alpha value is -0.930. The maximum atomic E-state index is 5.49. The van der Waals surface area contributed by atoms with Crippen LogP contribution in [0.2, 0.25) is 0 Å². The van der Waals surface area contributed by atoms with Crippen molar-refractivity contribution in [2.45, 2.75) is 53.1 Å². The van der Waals surface area contributed by atoms with Crippen molar-refractivity contribution < 1.29 is 9.47 Å². The summed E-state index contributed by atoms with van der Waals surface area (Å²) in [7, 11) is 0. The van der Waals surface area contributed by atoms with Crippen molar-refractivity contribution in [3.05, 3.63) is 29.6 Å². The molecule has 1 aromatic rings. The summed E-state index contributed by atoms with van der Waals surface area (Å²) >= 11 is 0. The van der Waals surface area contributed by atoms with Crippen LogP contribution in [-0.4, -0.2) is 17.2 Å². The summed E-state index contributed by atoms with van der Waals surface area (Å²) in [5.41, 5.74) is 2.06. The maximum Gasteiger partial charge on any atom is 0.0891 e. The molecule has 0 aromatic carbocycles. The van der Waals surface area contributed by atoms with Gasteiger partial charge in [-0.1, -0.05) is 6.07 Å². The van der Waals surface area contributed by atoms with E-state index in [-0.39, 0.29) is 12.2 Å². The highest BCUT2D eigenvalue weighted by molar-refractivity contribution is 5.12. The smallest absolute Gasteiger partial charge is 0.0891 e. The Labute approximate surface area is 97.8 Å². The number of hydrogen-bond donors (Lipinski definition) is 0. The first-order valence-corrected chi connectivity index (χ1v) is 5.75. The molecule has 0 unspecified atom stereocenters. The molecule has 0 spiro atoms. The zero-order valence-corrected chi connectivity index (χ0v) is 10.6. The highest BCUT2D eigenvalue weighted by Crippen LogP contribution is 2.05. The van der Waals surface area contributed by atoms with E-state index in [0.29, 0.717) is 13.2 Å². The van der Waals surface area contributed by atoms with Crippen molar-refractivity contribution >= 4 is 0 Å². The summed E-state index contributed by atoms with van der Waals surface area (Å²) in [6.45, 7) is 9.28. The van der Waals surface area contributed by atoms with Crippen molar-refractivity contribution in [3.63, 3.8) is 0 Å². The number of pyridine rings is 1. The lowest BCUT2D eigenvalue weighted by atomic mass is 10.2. The van der Waals surface area contributed by atoms with Gasteiger partial charge < -0.3 is 9.47 Å². The van der Waals surface area contributed by atoms with Crippen molar-refractivity contribution in [2.75, 3.05) is 0 Å². The number of hydrogen-bond acceptors (Lipinski definition) is 3. The molecule has 0 aliphatic carbocycles. The minimum Gasteiger partial charge on any atom is -0.374 e. The van der Waals surface area contributed by atoms with Crippen LogP contribution in [0.25, 0.3) is 0 Å². The first-order chi connectivity index (χ1) is 7.58. The van der Waals surface area contributed by atoms with Gasteiger partial charge >= 0.3 is 0 Å². The SMILES string of the molecule is CC(C)OCc1ccc(COC(C)C)nc1. The highest BCUT2D eigenvalue weighted by atomic mass is 16.5. The Balaban J connectivity index is 2.41. The quantitative estimate of drug-likeness (QED) is 0.743. The molecule has 0 aliphatic heterocycles. The van der Waals surface area contributed by atoms with Crippen LogP contribution in [0.1, 0.15) is 39.0 Å². The minimum atomic E-state index is 0.241. The van der Waals surface area contributed by atoms with Gasteiger partial charge in [-0.25, -0.2) is 0 Å². The van der Waals surface area contributed by atoms with Gasteiger partial charge in [-0.05, 0) is 39.3 Å². The van der Waals surface area contributed by atoms with E-state index in [0.717, 1.165) is 11.3 Å². The second kappa shape index (κ2) is 6.61. The van der Waals surface area contributed by atoms with Crippen LogP contribution in [0.15, 0.2) is 18.3 Å². The lowest BCUT2D eigenvalue weighted by Crippen LogP contribution is -2.05. The van der Waals surface area contributed by atoms with E-state index in [4.69, 9.17) is 9.47 Å². The fourth-order valence-corrected chi connectivity index (χ4v) is 1.14. The fourth-order valence-electron chi connectivity index (χ4n) is 1.14. The van der Waals surface area contributed by atoms with Gasteiger partial charge in [0.05, 0.1) is 31.1 Å². The Kier molecular flexibility index (Phi) is 5.43. The van der Waals surface area contributed by atoms with E-state index in [9.17, 15) is 0 Å². The van der Waals surface area contributed by atoms with Crippen LogP contribution in [0.5, 0.6) is 0 Å². The molecule has 90 valence electrons. The fraction of sp³-hybridized carbons (Fsp3) is 0.615. The number of ether oxygens (including phenoxy) is 2. The Bertz CT molecular complexity index is 262. The molecule has 3 heteroatoms. The molecule has 1 heterocycles. The van der Waals surface area contributed by atoms with E-state index < -0.39 is 0 Å². The molecule has 3 nitrogen and oxygen atoms in total. The van der Waals surface area contributed by atoms with Gasteiger partial charge in [0.1, 0.15) is 0 Å². The van der Waals surface area contributed by atoms with Gasteiger partial charge in [0.15, 0.2) is 0 Å². The lowest BCUT2D eigenvalue weighted by Gasteiger charge is -2.09. The molecule has 0 bridgehead atoms. The molecule has 1 rings (SSSR count). The normalized spacial score (nSPS) is 11.4. The van der Waals surface area contributed by atoms with Gasteiger partial charge in [-0.15, -0.1) is 0 Å². The molecule has 0 atom stereocenters. The summed E-state index contributed by atoms with van der Waals surface area (Å²) in [4.78, 5) is 4.32. The second-order valence-corrected chi connectivity index (χ2v) is 4.38. The monoisotopic (exact) mass is 223 g/mol. The van der Waals surface area contributed by atoms with Gasteiger partial charge in [-0.3, -0.25) is 4.98 Å². The molecule has 16 heavy (non-hydrogen) atoms. The van der Waals surface area contributed by atoms with Crippen molar-refractivity contribution in [3.8, 4) is 0 Å². The average molecular weight is 223 g/mol. The topological polar surface area (TPSA) is 31.4 Å². The average Bonchev–Trinajstić information content (AvgIpc) is 2.25. The summed E-state index contributed by atoms with van der Waals surface area (Å²) < 4.78 is 11.0. The minimum absolute atomic E-state index is 0.241. The summed E-state index contributed by atoms with van der Waals surface area (Å²) in [6, 6.07) is 4.02. The first-order valence-electron chi connectivity index (χ1n) is 5.75. The molecule has 0 saturated carbocycles. The summed E-state index contributed by atoms with van der Waals surface area (Å²) in [5, 5.41) is 0. The molecule has 0 fully saturated rings. The van der Waals surface area contributed by atoms with E-state index in [1.54, 1.807) is 0 Å². The molecule has 1 aromatic heterocycles. The molecular formula is C13H21NO2. The highest BCUT2D eigenvalue weighted by Gasteiger charge is 2.00. The van der Waals surface area contributed by atoms with Gasteiger partial charge in [-0.2, -0.15) is 0 Å². The number of nitrogens with zero attached hydrogens (tertiary/aromatic N) is 1. The number of rotatable bonds is 6. The predicted molar refractivity (Wildman–Crippen MR) is 64.1 cm³/mol. The summed E-state index contributed by atoms with van der Waals surface area (Å²) in [5.74, 6) is 0. The van der Waals surface area contributed by atoms with Gasteiger partial charge in [0, 0.05) is 6.20 Å². The van der Waals surface area contributed by atoms with Crippen molar-refractivity contribution in [2.24, 2.45) is 0 Å². The maximum absolute atomic E-state index is 5.49. The van der Waals surface area contributed by atoms with Crippen LogP contribution in [0.3, 0.4) is 0 Å². The van der Waals surface area contributed by atoms with Crippen molar-refractivity contribution in [1.82, 2.24) is 4.98 Å². The predicted octanol–water partition coefficient (Wildman–Crippen LogP) is 2.93. The summed E-state index contributed by atoms with van der Waals surface area (Å²) in [6.07, 6.45) is 2.34. The van der Waals surface area contributed by atoms with Gasteiger partial charge in [0.25, 0.3) is 0 Å². The zero-order chi connectivity index (χ0) is 12.0. The molecule has 0 aliphatic rings. The molecular weight excluding hydrogens is 202 g/mol. The van der Waals surface area contributed by atoms with Gasteiger partial charge in [0.2, 0.25) is 0 Å². The second-order valence-electron chi connectivity index (χ2n) is 4.38. The van der Waals surface area contributed by atoms with E-state index in [1.807, 2.05) is 46.0 Å². The largest absolute Gasteiger partial charge is 0.374 e.